The van der Waals surface area contributed by atoms with Crippen LogP contribution in [0.2, 0.25) is 0 Å². The predicted octanol–water partition coefficient (Wildman–Crippen LogP) is 6.86. The van der Waals surface area contributed by atoms with Gasteiger partial charge in [0.05, 0.1) is 0 Å². The zero-order valence-corrected chi connectivity index (χ0v) is 23.2. The van der Waals surface area contributed by atoms with Gasteiger partial charge in [-0.3, -0.25) is 9.69 Å². The highest BCUT2D eigenvalue weighted by Gasteiger charge is 2.41. The second-order valence-electron chi connectivity index (χ2n) is 12.4. The summed E-state index contributed by atoms with van der Waals surface area (Å²) in [5, 5.41) is 10.2. The number of carboxylic acid groups (broad SMARTS) is 1. The van der Waals surface area contributed by atoms with Crippen molar-refractivity contribution in [2.45, 2.75) is 82.6 Å². The first-order valence-corrected chi connectivity index (χ1v) is 15.4. The van der Waals surface area contributed by atoms with Gasteiger partial charge >= 0.3 is 5.97 Å². The smallest absolute Gasteiger partial charge is 0.320 e. The van der Waals surface area contributed by atoms with Crippen LogP contribution in [0.3, 0.4) is 0 Å². The number of piperidine rings is 1. The van der Waals surface area contributed by atoms with E-state index in [4.69, 9.17) is 0 Å². The maximum Gasteiger partial charge on any atom is 0.320 e. The van der Waals surface area contributed by atoms with E-state index in [1.165, 1.54) is 88.4 Å². The Hall–Kier alpha value is -2.17. The van der Waals surface area contributed by atoms with Crippen molar-refractivity contribution in [3.63, 3.8) is 0 Å². The lowest BCUT2D eigenvalue weighted by molar-refractivity contribution is -0.143. The van der Waals surface area contributed by atoms with E-state index < -0.39 is 5.97 Å². The molecule has 1 N–H and O–H groups in total. The van der Waals surface area contributed by atoms with Crippen molar-refractivity contribution >= 4 is 5.97 Å². The van der Waals surface area contributed by atoms with Gasteiger partial charge in [-0.2, -0.15) is 0 Å². The molecule has 4 nitrogen and oxygen atoms in total. The molecule has 0 bridgehead atoms. The summed E-state index contributed by atoms with van der Waals surface area (Å²) in [4.78, 5) is 17.5. The molecule has 2 aromatic rings. The Labute approximate surface area is 230 Å². The second-order valence-corrected chi connectivity index (χ2v) is 12.4. The van der Waals surface area contributed by atoms with Crippen molar-refractivity contribution in [3.8, 4) is 0 Å². The molecule has 0 aromatic heterocycles. The summed E-state index contributed by atoms with van der Waals surface area (Å²) in [5.41, 5.74) is 2.85. The molecule has 2 aromatic carbocycles. The fourth-order valence-corrected chi connectivity index (χ4v) is 7.60. The number of carbonyl (C=O) groups is 1. The second kappa shape index (κ2) is 13.8. The topological polar surface area (TPSA) is 43.8 Å². The van der Waals surface area contributed by atoms with Crippen LogP contribution in [0.4, 0.5) is 0 Å². The van der Waals surface area contributed by atoms with Crippen LogP contribution in [0.5, 0.6) is 0 Å². The lowest BCUT2D eigenvalue weighted by Crippen LogP contribution is -2.42. The normalized spacial score (nSPS) is 24.9. The van der Waals surface area contributed by atoms with Crippen LogP contribution in [0, 0.1) is 17.8 Å². The molecule has 2 saturated heterocycles. The van der Waals surface area contributed by atoms with Gasteiger partial charge in [0.2, 0.25) is 0 Å². The van der Waals surface area contributed by atoms with E-state index in [1.807, 2.05) is 0 Å². The predicted molar refractivity (Wildman–Crippen MR) is 155 cm³/mol. The molecule has 38 heavy (non-hydrogen) atoms. The molecule has 3 aliphatic rings. The van der Waals surface area contributed by atoms with Crippen LogP contribution in [0.15, 0.2) is 60.7 Å². The average Bonchev–Trinajstić information content (AvgIpc) is 3.37. The molecule has 2 aliphatic heterocycles. The fourth-order valence-electron chi connectivity index (χ4n) is 7.60. The Balaban J connectivity index is 1.16. The number of rotatable bonds is 11. The highest BCUT2D eigenvalue weighted by molar-refractivity contribution is 5.73. The van der Waals surface area contributed by atoms with Crippen molar-refractivity contribution in [3.05, 3.63) is 71.8 Å². The lowest BCUT2D eigenvalue weighted by Gasteiger charge is -2.35. The van der Waals surface area contributed by atoms with Crippen molar-refractivity contribution < 1.29 is 9.90 Å². The zero-order chi connectivity index (χ0) is 26.2. The van der Waals surface area contributed by atoms with Crippen LogP contribution in [0.1, 0.15) is 81.3 Å². The van der Waals surface area contributed by atoms with Crippen LogP contribution >= 0.6 is 0 Å². The van der Waals surface area contributed by atoms with Gasteiger partial charge in [0.1, 0.15) is 6.04 Å². The van der Waals surface area contributed by atoms with Crippen molar-refractivity contribution in [1.82, 2.24) is 9.80 Å². The number of hydrogen-bond acceptors (Lipinski definition) is 3. The van der Waals surface area contributed by atoms with Gasteiger partial charge in [0, 0.05) is 25.6 Å². The number of benzene rings is 2. The summed E-state index contributed by atoms with van der Waals surface area (Å²) in [6, 6.07) is 21.5. The van der Waals surface area contributed by atoms with E-state index in [0.29, 0.717) is 17.8 Å². The molecule has 0 unspecified atom stereocenters. The average molecular weight is 517 g/mol. The van der Waals surface area contributed by atoms with Gasteiger partial charge in [-0.1, -0.05) is 99.2 Å². The minimum atomic E-state index is -0.612. The molecular formula is C34H48N2O2. The van der Waals surface area contributed by atoms with Crippen molar-refractivity contribution in [2.24, 2.45) is 17.8 Å². The van der Waals surface area contributed by atoms with Gasteiger partial charge in [-0.05, 0) is 74.1 Å². The summed E-state index contributed by atoms with van der Waals surface area (Å²) in [7, 11) is 0. The van der Waals surface area contributed by atoms with Crippen molar-refractivity contribution in [2.75, 3.05) is 32.7 Å². The lowest BCUT2D eigenvalue weighted by atomic mass is 9.84. The molecular weight excluding hydrogens is 468 g/mol. The van der Waals surface area contributed by atoms with Crippen LogP contribution in [-0.4, -0.2) is 59.6 Å². The molecule has 5 rings (SSSR count). The molecule has 2 heterocycles. The largest absolute Gasteiger partial charge is 0.480 e. The molecule has 0 spiro atoms. The molecule has 4 heteroatoms. The van der Waals surface area contributed by atoms with E-state index >= 15 is 0 Å². The minimum absolute atomic E-state index is 0.329. The monoisotopic (exact) mass is 516 g/mol. The van der Waals surface area contributed by atoms with E-state index in [-0.39, 0.29) is 6.04 Å². The molecule has 206 valence electrons. The summed E-state index contributed by atoms with van der Waals surface area (Å²) >= 11 is 0. The summed E-state index contributed by atoms with van der Waals surface area (Å²) < 4.78 is 0. The fraction of sp³-hybridized carbons (Fsp3) is 0.618. The maximum atomic E-state index is 12.5. The maximum absolute atomic E-state index is 12.5. The third kappa shape index (κ3) is 7.48. The summed E-state index contributed by atoms with van der Waals surface area (Å²) in [6.45, 7) is 5.29. The SMILES string of the molecule is O=C(O)[C@@H](CC1CCCCC1)N1C[C@H](CN2CCC(CCCc3ccccc3)CC2)[C@@H](c2ccccc2)C1. The number of aryl methyl sites for hydroxylation is 1. The molecule has 3 fully saturated rings. The van der Waals surface area contributed by atoms with Crippen LogP contribution in [-0.2, 0) is 11.2 Å². The molecule has 1 aliphatic carbocycles. The standard InChI is InChI=1S/C34H48N2O2/c37-34(38)33(23-29-13-6-2-7-14-29)36-25-31(32(26-36)30-17-8-3-9-18-30)24-35-21-19-28(20-22-35)16-10-15-27-11-4-1-5-12-27/h1,3-5,8-9,11-12,17-18,28-29,31-33H,2,6-7,10,13-16,19-26H2,(H,37,38)/t31-,32+,33+/m0/s1. The molecule has 1 saturated carbocycles. The Morgan fingerprint density at radius 1 is 0.842 bits per heavy atom. The Bertz CT molecular complexity index is 966. The highest BCUT2D eigenvalue weighted by Crippen LogP contribution is 2.37. The van der Waals surface area contributed by atoms with Crippen LogP contribution in [0.25, 0.3) is 0 Å². The van der Waals surface area contributed by atoms with Gasteiger partial charge < -0.3 is 10.0 Å². The minimum Gasteiger partial charge on any atom is -0.480 e. The summed E-state index contributed by atoms with van der Waals surface area (Å²) in [5.74, 6) is 1.75. The number of carboxylic acids is 1. The molecule has 3 atom stereocenters. The Morgan fingerprint density at radius 2 is 1.53 bits per heavy atom. The first-order chi connectivity index (χ1) is 18.7. The number of likely N-dealkylation sites (tertiary alicyclic amines) is 2. The molecule has 0 radical (unpaired) electrons. The third-order valence-corrected chi connectivity index (χ3v) is 9.82. The van der Waals surface area contributed by atoms with Gasteiger partial charge in [-0.25, -0.2) is 0 Å². The summed E-state index contributed by atoms with van der Waals surface area (Å²) in [6.07, 6.45) is 13.6. The van der Waals surface area contributed by atoms with Gasteiger partial charge in [0.25, 0.3) is 0 Å². The number of aliphatic carboxylic acids is 1. The van der Waals surface area contributed by atoms with E-state index in [9.17, 15) is 9.90 Å². The molecule has 0 amide bonds. The third-order valence-electron chi connectivity index (χ3n) is 9.82. The highest BCUT2D eigenvalue weighted by atomic mass is 16.4. The Kier molecular flexibility index (Phi) is 9.92. The first kappa shape index (κ1) is 27.4. The number of hydrogen-bond donors (Lipinski definition) is 1. The quantitative estimate of drug-likeness (QED) is 0.354. The van der Waals surface area contributed by atoms with E-state index in [0.717, 1.165) is 32.0 Å². The van der Waals surface area contributed by atoms with E-state index in [1.54, 1.807) is 0 Å². The number of nitrogens with zero attached hydrogens (tertiary/aromatic N) is 2. The van der Waals surface area contributed by atoms with Crippen LogP contribution < -0.4 is 0 Å². The first-order valence-electron chi connectivity index (χ1n) is 15.4. The van der Waals surface area contributed by atoms with E-state index in [2.05, 4.69) is 70.5 Å². The Morgan fingerprint density at radius 3 is 2.21 bits per heavy atom. The van der Waals surface area contributed by atoms with Gasteiger partial charge in [0.15, 0.2) is 0 Å². The van der Waals surface area contributed by atoms with Gasteiger partial charge in [-0.15, -0.1) is 0 Å². The zero-order valence-electron chi connectivity index (χ0n) is 23.2. The van der Waals surface area contributed by atoms with Crippen molar-refractivity contribution in [1.29, 1.82) is 0 Å².